The zero-order chi connectivity index (χ0) is 17.4. The molecule has 2 N–H and O–H groups in total. The summed E-state index contributed by atoms with van der Waals surface area (Å²) in [6.07, 6.45) is 3.88. The van der Waals surface area contributed by atoms with E-state index in [1.807, 2.05) is 0 Å². The lowest BCUT2D eigenvalue weighted by Gasteiger charge is -2.03. The Kier molecular flexibility index (Phi) is 7.20. The number of benzene rings is 1. The Morgan fingerprint density at radius 3 is 2.83 bits per heavy atom. The quantitative estimate of drug-likeness (QED) is 0.520. The van der Waals surface area contributed by atoms with Gasteiger partial charge >= 0.3 is 5.97 Å². The largest absolute Gasteiger partial charge is 0.481 e. The number of aromatic nitrogens is 1. The maximum Gasteiger partial charge on any atom is 0.313 e. The number of carbonyl (C=O) groups excluding carboxylic acids is 1. The van der Waals surface area contributed by atoms with Gasteiger partial charge < -0.3 is 10.4 Å². The number of amides is 1. The van der Waals surface area contributed by atoms with E-state index in [0.29, 0.717) is 30.0 Å². The van der Waals surface area contributed by atoms with Crippen LogP contribution in [0.4, 0.5) is 9.52 Å². The molecule has 0 bridgehead atoms. The number of aliphatic carboxylic acids is 1. The smallest absolute Gasteiger partial charge is 0.313 e. The summed E-state index contributed by atoms with van der Waals surface area (Å²) in [5, 5.41) is 11.8. The molecule has 0 aliphatic rings. The monoisotopic (exact) mass is 368 g/mol. The molecular weight excluding hydrogens is 351 g/mol. The molecule has 128 valence electrons. The summed E-state index contributed by atoms with van der Waals surface area (Å²) in [4.78, 5) is 26.4. The molecule has 0 fully saturated rings. The topological polar surface area (TPSA) is 79.3 Å². The second-order valence-corrected chi connectivity index (χ2v) is 7.32. The van der Waals surface area contributed by atoms with Crippen LogP contribution >= 0.6 is 23.1 Å². The highest BCUT2D eigenvalue weighted by atomic mass is 32.2. The summed E-state index contributed by atoms with van der Waals surface area (Å²) >= 11 is 2.41. The Bertz CT molecular complexity index is 706. The molecule has 5 nitrogen and oxygen atoms in total. The third-order valence-electron chi connectivity index (χ3n) is 3.13. The SMILES string of the molecule is O=C(O)CSc1cnc(NC(=O)CCCCc2ccccc2F)s1. The number of nitrogens with one attached hydrogen (secondary N) is 1. The summed E-state index contributed by atoms with van der Waals surface area (Å²) in [6, 6.07) is 6.64. The normalized spacial score (nSPS) is 10.5. The highest BCUT2D eigenvalue weighted by molar-refractivity contribution is 8.01. The van der Waals surface area contributed by atoms with Gasteiger partial charge in [0.25, 0.3) is 0 Å². The van der Waals surface area contributed by atoms with Gasteiger partial charge in [-0.05, 0) is 30.9 Å². The molecule has 0 unspecified atom stereocenters. The second-order valence-electron chi connectivity index (χ2n) is 5.01. The van der Waals surface area contributed by atoms with E-state index in [4.69, 9.17) is 5.11 Å². The summed E-state index contributed by atoms with van der Waals surface area (Å²) in [5.41, 5.74) is 0.665. The number of thiazole rings is 1. The first-order valence-electron chi connectivity index (χ1n) is 7.38. The molecule has 24 heavy (non-hydrogen) atoms. The van der Waals surface area contributed by atoms with Gasteiger partial charge in [-0.25, -0.2) is 9.37 Å². The number of carbonyl (C=O) groups is 2. The zero-order valence-electron chi connectivity index (χ0n) is 12.8. The molecule has 8 heteroatoms. The Balaban J connectivity index is 1.68. The van der Waals surface area contributed by atoms with Crippen molar-refractivity contribution < 1.29 is 19.1 Å². The summed E-state index contributed by atoms with van der Waals surface area (Å²) in [5.74, 6) is -1.29. The maximum atomic E-state index is 13.5. The number of unbranched alkanes of at least 4 members (excludes halogenated alkanes) is 1. The zero-order valence-corrected chi connectivity index (χ0v) is 14.5. The number of halogens is 1. The van der Waals surface area contributed by atoms with Crippen molar-refractivity contribution in [2.45, 2.75) is 29.9 Å². The number of thioether (sulfide) groups is 1. The molecule has 1 heterocycles. The van der Waals surface area contributed by atoms with Crippen LogP contribution in [0.5, 0.6) is 0 Å². The lowest BCUT2D eigenvalue weighted by atomic mass is 10.1. The first-order valence-corrected chi connectivity index (χ1v) is 9.18. The Hall–Kier alpha value is -1.93. The predicted octanol–water partition coefficient (Wildman–Crippen LogP) is 3.81. The van der Waals surface area contributed by atoms with Crippen LogP contribution in [0.1, 0.15) is 24.8 Å². The summed E-state index contributed by atoms with van der Waals surface area (Å²) in [6.45, 7) is 0. The molecule has 0 saturated carbocycles. The second kappa shape index (κ2) is 9.39. The van der Waals surface area contributed by atoms with Crippen LogP contribution in [0.25, 0.3) is 0 Å². The molecule has 0 spiro atoms. The number of nitrogens with zero attached hydrogens (tertiary/aromatic N) is 1. The average Bonchev–Trinajstić information content (AvgIpc) is 2.98. The molecular formula is C16H17FN2O3S2. The minimum absolute atomic E-state index is 0.0361. The van der Waals surface area contributed by atoms with Crippen LogP contribution < -0.4 is 5.32 Å². The highest BCUT2D eigenvalue weighted by Crippen LogP contribution is 2.28. The minimum Gasteiger partial charge on any atom is -0.481 e. The van der Waals surface area contributed by atoms with Crippen molar-refractivity contribution in [2.24, 2.45) is 0 Å². The number of hydrogen-bond donors (Lipinski definition) is 2. The number of aryl methyl sites for hydroxylation is 1. The predicted molar refractivity (Wildman–Crippen MR) is 93.1 cm³/mol. The lowest BCUT2D eigenvalue weighted by molar-refractivity contribution is -0.133. The molecule has 0 radical (unpaired) electrons. The van der Waals surface area contributed by atoms with Gasteiger partial charge in [-0.15, -0.1) is 11.8 Å². The van der Waals surface area contributed by atoms with Gasteiger partial charge in [0.2, 0.25) is 5.91 Å². The van der Waals surface area contributed by atoms with Gasteiger partial charge in [-0.2, -0.15) is 0 Å². The molecule has 0 saturated heterocycles. The van der Waals surface area contributed by atoms with E-state index in [-0.39, 0.29) is 17.5 Å². The number of carboxylic acid groups (broad SMARTS) is 1. The minimum atomic E-state index is -0.895. The van der Waals surface area contributed by atoms with E-state index in [1.54, 1.807) is 24.4 Å². The van der Waals surface area contributed by atoms with Crippen molar-refractivity contribution in [3.63, 3.8) is 0 Å². The van der Waals surface area contributed by atoms with Gasteiger partial charge in [0, 0.05) is 6.42 Å². The van der Waals surface area contributed by atoms with Crippen LogP contribution in [-0.4, -0.2) is 27.7 Å². The number of carboxylic acids is 1. The number of hydrogen-bond acceptors (Lipinski definition) is 5. The van der Waals surface area contributed by atoms with E-state index in [1.165, 1.54) is 29.2 Å². The van der Waals surface area contributed by atoms with Gasteiger partial charge in [0.1, 0.15) is 5.82 Å². The van der Waals surface area contributed by atoms with E-state index < -0.39 is 5.97 Å². The fourth-order valence-electron chi connectivity index (χ4n) is 2.00. The molecule has 1 aromatic carbocycles. The van der Waals surface area contributed by atoms with E-state index in [9.17, 15) is 14.0 Å². The summed E-state index contributed by atoms with van der Waals surface area (Å²) in [7, 11) is 0. The van der Waals surface area contributed by atoms with Crippen LogP contribution in [0, 0.1) is 5.82 Å². The number of anilines is 1. The molecule has 0 aliphatic carbocycles. The van der Waals surface area contributed by atoms with Crippen molar-refractivity contribution in [3.05, 3.63) is 41.8 Å². The van der Waals surface area contributed by atoms with E-state index in [2.05, 4.69) is 10.3 Å². The molecule has 1 amide bonds. The van der Waals surface area contributed by atoms with Gasteiger partial charge in [0.15, 0.2) is 5.13 Å². The molecule has 2 rings (SSSR count). The molecule has 0 atom stereocenters. The Morgan fingerprint density at radius 2 is 2.08 bits per heavy atom. The summed E-state index contributed by atoms with van der Waals surface area (Å²) < 4.78 is 14.2. The lowest BCUT2D eigenvalue weighted by Crippen LogP contribution is -2.10. The average molecular weight is 368 g/mol. The Labute approximate surface area is 147 Å². The first-order chi connectivity index (χ1) is 11.5. The molecule has 2 aromatic rings. The van der Waals surface area contributed by atoms with Gasteiger partial charge in [0.05, 0.1) is 16.2 Å². The van der Waals surface area contributed by atoms with E-state index >= 15 is 0 Å². The Morgan fingerprint density at radius 1 is 1.29 bits per heavy atom. The first kappa shape index (κ1) is 18.4. The molecule has 0 aliphatic heterocycles. The fraction of sp³-hybridized carbons (Fsp3) is 0.312. The van der Waals surface area contributed by atoms with Crippen molar-refractivity contribution in [1.82, 2.24) is 4.98 Å². The molecule has 1 aromatic heterocycles. The third kappa shape index (κ3) is 6.29. The fourth-order valence-corrected chi connectivity index (χ4v) is 3.61. The van der Waals surface area contributed by atoms with Gasteiger partial charge in [-0.1, -0.05) is 29.5 Å². The number of rotatable bonds is 9. The van der Waals surface area contributed by atoms with Crippen molar-refractivity contribution in [1.29, 1.82) is 0 Å². The van der Waals surface area contributed by atoms with Crippen LogP contribution in [-0.2, 0) is 16.0 Å². The van der Waals surface area contributed by atoms with Crippen LogP contribution in [0.3, 0.4) is 0 Å². The maximum absolute atomic E-state index is 13.5. The standard InChI is InChI=1S/C16H17FN2O3S2/c17-12-7-3-1-5-11(12)6-2-4-8-13(20)19-16-18-9-15(24-16)23-10-14(21)22/h1,3,5,7,9H,2,4,6,8,10H2,(H,21,22)(H,18,19,20). The third-order valence-corrected chi connectivity index (χ3v) is 5.22. The van der Waals surface area contributed by atoms with Crippen LogP contribution in [0.15, 0.2) is 34.7 Å². The van der Waals surface area contributed by atoms with E-state index in [0.717, 1.165) is 10.6 Å². The van der Waals surface area contributed by atoms with Crippen molar-refractivity contribution in [3.8, 4) is 0 Å². The van der Waals surface area contributed by atoms with Crippen LogP contribution in [0.2, 0.25) is 0 Å². The highest BCUT2D eigenvalue weighted by Gasteiger charge is 2.09. The van der Waals surface area contributed by atoms with Crippen molar-refractivity contribution >= 4 is 40.1 Å². The van der Waals surface area contributed by atoms with Gasteiger partial charge in [-0.3, -0.25) is 9.59 Å². The van der Waals surface area contributed by atoms with Crippen molar-refractivity contribution in [2.75, 3.05) is 11.1 Å².